The number of fused-ring (bicyclic) bond motifs is 2. The summed E-state index contributed by atoms with van der Waals surface area (Å²) in [4.78, 5) is 23.9. The summed E-state index contributed by atoms with van der Waals surface area (Å²) < 4.78 is 10.6. The lowest BCUT2D eigenvalue weighted by atomic mass is 10.0. The van der Waals surface area contributed by atoms with Gasteiger partial charge in [-0.2, -0.15) is 0 Å². The number of aryl methyl sites for hydroxylation is 2. The van der Waals surface area contributed by atoms with Crippen molar-refractivity contribution >= 4 is 23.5 Å². The fraction of sp³-hybridized carbons (Fsp3) is 0.100. The van der Waals surface area contributed by atoms with Gasteiger partial charge < -0.3 is 9.47 Å². The highest BCUT2D eigenvalue weighted by Gasteiger charge is 2.28. The van der Waals surface area contributed by atoms with E-state index in [-0.39, 0.29) is 11.9 Å². The lowest BCUT2D eigenvalue weighted by Gasteiger charge is -1.99. The van der Waals surface area contributed by atoms with E-state index in [1.165, 1.54) is 0 Å². The summed E-state index contributed by atoms with van der Waals surface area (Å²) in [5.74, 6) is 0.189. The number of ether oxygens (including phenoxy) is 2. The first kappa shape index (κ1) is 14.5. The second kappa shape index (κ2) is 5.20. The van der Waals surface area contributed by atoms with E-state index in [4.69, 9.17) is 9.47 Å². The molecule has 24 heavy (non-hydrogen) atoms. The van der Waals surface area contributed by atoms with Crippen LogP contribution in [0.25, 0.3) is 11.5 Å². The minimum Gasteiger partial charge on any atom is -0.422 e. The van der Waals surface area contributed by atoms with Gasteiger partial charge in [0.25, 0.3) is 0 Å². The van der Waals surface area contributed by atoms with Crippen molar-refractivity contribution in [2.24, 2.45) is 0 Å². The van der Waals surface area contributed by atoms with Gasteiger partial charge in [-0.25, -0.2) is 9.59 Å². The minimum absolute atomic E-state index is 0.363. The molecule has 118 valence electrons. The zero-order valence-corrected chi connectivity index (χ0v) is 13.3. The fourth-order valence-corrected chi connectivity index (χ4v) is 2.90. The van der Waals surface area contributed by atoms with E-state index in [1.54, 1.807) is 24.3 Å². The van der Waals surface area contributed by atoms with Crippen LogP contribution in [-0.4, -0.2) is 11.9 Å². The molecule has 2 aliphatic heterocycles. The number of rotatable bonds is 1. The first-order valence-corrected chi connectivity index (χ1v) is 7.61. The highest BCUT2D eigenvalue weighted by atomic mass is 16.5. The molecule has 0 unspecified atom stereocenters. The first-order chi connectivity index (χ1) is 11.5. The topological polar surface area (TPSA) is 52.6 Å². The van der Waals surface area contributed by atoms with E-state index in [0.717, 1.165) is 22.3 Å². The predicted octanol–water partition coefficient (Wildman–Crippen LogP) is 4.03. The molecular weight excluding hydrogens is 304 g/mol. The molecule has 0 spiro atoms. The molecule has 2 aromatic rings. The highest BCUT2D eigenvalue weighted by molar-refractivity contribution is 6.05. The summed E-state index contributed by atoms with van der Waals surface area (Å²) in [5, 5.41) is 0. The van der Waals surface area contributed by atoms with Crippen LogP contribution in [0, 0.1) is 13.8 Å². The Morgan fingerprint density at radius 2 is 1.08 bits per heavy atom. The van der Waals surface area contributed by atoms with E-state index in [0.29, 0.717) is 22.6 Å². The van der Waals surface area contributed by atoms with Crippen molar-refractivity contribution in [3.8, 4) is 0 Å². The lowest BCUT2D eigenvalue weighted by molar-refractivity contribution is 0.0704. The molecule has 0 N–H and O–H groups in total. The average Bonchev–Trinajstić information content (AvgIpc) is 3.03. The van der Waals surface area contributed by atoms with Crippen molar-refractivity contribution in [2.75, 3.05) is 0 Å². The van der Waals surface area contributed by atoms with Crippen LogP contribution in [0.15, 0.2) is 48.6 Å². The van der Waals surface area contributed by atoms with Crippen LogP contribution < -0.4 is 0 Å². The quantitative estimate of drug-likeness (QED) is 0.745. The molecule has 2 aromatic carbocycles. The molecule has 2 aliphatic rings. The summed E-state index contributed by atoms with van der Waals surface area (Å²) in [6.45, 7) is 3.85. The van der Waals surface area contributed by atoms with Gasteiger partial charge in [-0.15, -0.1) is 0 Å². The van der Waals surface area contributed by atoms with Crippen LogP contribution in [0.2, 0.25) is 0 Å². The molecule has 0 fully saturated rings. The number of carbonyl (C=O) groups excluding carboxylic acids is 2. The molecule has 2 heterocycles. The third-order valence-electron chi connectivity index (χ3n) is 4.11. The maximum absolute atomic E-state index is 11.9. The van der Waals surface area contributed by atoms with Gasteiger partial charge in [0.2, 0.25) is 0 Å². The van der Waals surface area contributed by atoms with Gasteiger partial charge >= 0.3 is 11.9 Å². The Labute approximate surface area is 139 Å². The molecule has 0 amide bonds. The number of hydrogen-bond donors (Lipinski definition) is 0. The second-order valence-corrected chi connectivity index (χ2v) is 5.94. The average molecular weight is 318 g/mol. The van der Waals surface area contributed by atoms with E-state index in [9.17, 15) is 9.59 Å². The van der Waals surface area contributed by atoms with Crippen molar-refractivity contribution in [2.45, 2.75) is 13.8 Å². The van der Waals surface area contributed by atoms with Crippen molar-refractivity contribution in [3.05, 3.63) is 81.9 Å². The minimum atomic E-state index is -0.363. The smallest absolute Gasteiger partial charge is 0.344 e. The molecular formula is C20H14O4. The van der Waals surface area contributed by atoms with Gasteiger partial charge in [-0.3, -0.25) is 0 Å². The van der Waals surface area contributed by atoms with E-state index in [2.05, 4.69) is 0 Å². The first-order valence-electron chi connectivity index (χ1n) is 7.61. The number of allylic oxidation sites excluding steroid dienone is 2. The number of benzene rings is 2. The Bertz CT molecular complexity index is 884. The second-order valence-electron chi connectivity index (χ2n) is 5.94. The van der Waals surface area contributed by atoms with E-state index >= 15 is 0 Å². The third-order valence-corrected chi connectivity index (χ3v) is 4.11. The number of esters is 2. The maximum Gasteiger partial charge on any atom is 0.344 e. The van der Waals surface area contributed by atoms with Crippen LogP contribution in [0.3, 0.4) is 0 Å². The van der Waals surface area contributed by atoms with Crippen molar-refractivity contribution < 1.29 is 19.1 Å². The van der Waals surface area contributed by atoms with Gasteiger partial charge in [0.15, 0.2) is 0 Å². The lowest BCUT2D eigenvalue weighted by Crippen LogP contribution is -1.93. The van der Waals surface area contributed by atoms with Crippen molar-refractivity contribution in [3.63, 3.8) is 0 Å². The van der Waals surface area contributed by atoms with Gasteiger partial charge in [-0.1, -0.05) is 35.4 Å². The highest BCUT2D eigenvalue weighted by Crippen LogP contribution is 2.33. The third kappa shape index (κ3) is 2.24. The van der Waals surface area contributed by atoms with Crippen LogP contribution in [0.4, 0.5) is 0 Å². The van der Waals surface area contributed by atoms with Crippen molar-refractivity contribution in [1.29, 1.82) is 0 Å². The molecule has 0 saturated carbocycles. The number of cyclic esters (lactones) is 2. The zero-order chi connectivity index (χ0) is 16.8. The molecule has 0 bridgehead atoms. The Morgan fingerprint density at radius 3 is 1.50 bits per heavy atom. The Morgan fingerprint density at radius 1 is 0.667 bits per heavy atom. The summed E-state index contributed by atoms with van der Waals surface area (Å²) >= 11 is 0. The van der Waals surface area contributed by atoms with Crippen LogP contribution in [-0.2, 0) is 9.47 Å². The van der Waals surface area contributed by atoms with E-state index < -0.39 is 0 Å². The van der Waals surface area contributed by atoms with Gasteiger partial charge in [-0.05, 0) is 38.1 Å². The van der Waals surface area contributed by atoms with Crippen LogP contribution in [0.5, 0.6) is 0 Å². The molecule has 4 rings (SSSR count). The fourth-order valence-electron chi connectivity index (χ4n) is 2.90. The molecule has 0 aromatic heterocycles. The van der Waals surface area contributed by atoms with E-state index in [1.807, 2.05) is 38.1 Å². The van der Waals surface area contributed by atoms with Gasteiger partial charge in [0.05, 0.1) is 11.1 Å². The predicted molar refractivity (Wildman–Crippen MR) is 89.1 cm³/mol. The van der Waals surface area contributed by atoms with Gasteiger partial charge in [0, 0.05) is 11.1 Å². The summed E-state index contributed by atoms with van der Waals surface area (Å²) in [6.07, 6.45) is 3.33. The Kier molecular flexibility index (Phi) is 3.13. The van der Waals surface area contributed by atoms with Gasteiger partial charge in [0.1, 0.15) is 11.5 Å². The monoisotopic (exact) mass is 318 g/mol. The van der Waals surface area contributed by atoms with Crippen LogP contribution >= 0.6 is 0 Å². The molecule has 0 saturated heterocycles. The number of hydrogen-bond acceptors (Lipinski definition) is 4. The molecule has 0 atom stereocenters. The summed E-state index contributed by atoms with van der Waals surface area (Å²) in [6, 6.07) is 11.2. The summed E-state index contributed by atoms with van der Waals surface area (Å²) in [7, 11) is 0. The standard InChI is InChI=1S/C20H14O4/c1-11-3-5-13-15(9-11)19(21)23-17(13)7-8-18-14-6-4-12(2)10-16(14)20(22)24-18/h3-10H,1-2H3/b17-7+,18-8+. The largest absolute Gasteiger partial charge is 0.422 e. The molecule has 4 nitrogen and oxygen atoms in total. The Hall–Kier alpha value is -3.14. The molecule has 0 aliphatic carbocycles. The normalized spacial score (nSPS) is 18.6. The van der Waals surface area contributed by atoms with Crippen molar-refractivity contribution in [1.82, 2.24) is 0 Å². The molecule has 4 heteroatoms. The maximum atomic E-state index is 11.9. The summed E-state index contributed by atoms with van der Waals surface area (Å²) in [5.41, 5.74) is 4.60. The SMILES string of the molecule is Cc1ccc2c(c1)C(=O)O/C2=C/C=C1/OC(=O)c2cc(C)ccc21. The Balaban J connectivity index is 1.74. The number of carbonyl (C=O) groups is 2. The molecule has 0 radical (unpaired) electrons. The van der Waals surface area contributed by atoms with Crippen LogP contribution in [0.1, 0.15) is 43.0 Å². The zero-order valence-electron chi connectivity index (χ0n) is 13.3.